The minimum Gasteiger partial charge on any atom is -0.419 e. The maximum absolute atomic E-state index is 5.81. The summed E-state index contributed by atoms with van der Waals surface area (Å²) in [7, 11) is 0. The second-order valence-electron chi connectivity index (χ2n) is 5.69. The highest BCUT2D eigenvalue weighted by Gasteiger charge is 2.20. The predicted octanol–water partition coefficient (Wildman–Crippen LogP) is 3.42. The van der Waals surface area contributed by atoms with Crippen LogP contribution in [0.2, 0.25) is 0 Å². The zero-order valence-corrected chi connectivity index (χ0v) is 12.2. The number of hydrogen-bond donors (Lipinski definition) is 0. The Morgan fingerprint density at radius 3 is 3.00 bits per heavy atom. The highest BCUT2D eigenvalue weighted by atomic mass is 16.4. The van der Waals surface area contributed by atoms with E-state index >= 15 is 0 Å². The van der Waals surface area contributed by atoms with Crippen LogP contribution < -0.4 is 0 Å². The van der Waals surface area contributed by atoms with Gasteiger partial charge in [-0.15, -0.1) is 10.2 Å². The molecular weight excluding hydrogens is 250 g/mol. The van der Waals surface area contributed by atoms with Crippen molar-refractivity contribution in [3.63, 3.8) is 0 Å². The van der Waals surface area contributed by atoms with E-state index in [-0.39, 0.29) is 0 Å². The minimum absolute atomic E-state index is 0.609. The van der Waals surface area contributed by atoms with Crippen molar-refractivity contribution >= 4 is 0 Å². The summed E-state index contributed by atoms with van der Waals surface area (Å²) in [6.45, 7) is 6.23. The Labute approximate surface area is 119 Å². The first-order valence-electron chi connectivity index (χ1n) is 7.36. The Balaban J connectivity index is 1.73. The molecule has 1 aromatic heterocycles. The summed E-state index contributed by atoms with van der Waals surface area (Å²) in [5, 5.41) is 8.37. The average Bonchev–Trinajstić information content (AvgIpc) is 2.90. The molecule has 3 rings (SSSR count). The normalized spacial score (nSPS) is 20.2. The highest BCUT2D eigenvalue weighted by molar-refractivity contribution is 5.53. The molecule has 4 nitrogen and oxygen atoms in total. The van der Waals surface area contributed by atoms with Crippen LogP contribution in [0.4, 0.5) is 0 Å². The van der Waals surface area contributed by atoms with Crippen molar-refractivity contribution in [2.75, 3.05) is 6.54 Å². The third kappa shape index (κ3) is 2.90. The number of nitrogens with zero attached hydrogens (tertiary/aromatic N) is 3. The van der Waals surface area contributed by atoms with Gasteiger partial charge in [0.1, 0.15) is 0 Å². The van der Waals surface area contributed by atoms with Crippen LogP contribution in [0.15, 0.2) is 28.7 Å². The Morgan fingerprint density at radius 1 is 1.30 bits per heavy atom. The predicted molar refractivity (Wildman–Crippen MR) is 78.2 cm³/mol. The quantitative estimate of drug-likeness (QED) is 0.858. The molecule has 1 unspecified atom stereocenters. The van der Waals surface area contributed by atoms with Gasteiger partial charge in [-0.05, 0) is 45.4 Å². The summed E-state index contributed by atoms with van der Waals surface area (Å²) >= 11 is 0. The molecule has 2 heterocycles. The van der Waals surface area contributed by atoms with Crippen LogP contribution in [-0.4, -0.2) is 27.7 Å². The lowest BCUT2D eigenvalue weighted by Gasteiger charge is -2.31. The summed E-state index contributed by atoms with van der Waals surface area (Å²) < 4.78 is 5.81. The zero-order valence-electron chi connectivity index (χ0n) is 12.2. The van der Waals surface area contributed by atoms with Gasteiger partial charge in [-0.25, -0.2) is 0 Å². The van der Waals surface area contributed by atoms with E-state index < -0.39 is 0 Å². The molecule has 20 heavy (non-hydrogen) atoms. The third-order valence-corrected chi connectivity index (χ3v) is 4.01. The second kappa shape index (κ2) is 5.75. The SMILES string of the molecule is Cc1cccc(-c2nnc(CN3CCCCC3C)o2)c1. The second-order valence-corrected chi connectivity index (χ2v) is 5.69. The first kappa shape index (κ1) is 13.3. The van der Waals surface area contributed by atoms with Gasteiger partial charge in [0.2, 0.25) is 11.8 Å². The average molecular weight is 271 g/mol. The van der Waals surface area contributed by atoms with Crippen LogP contribution in [0.3, 0.4) is 0 Å². The van der Waals surface area contributed by atoms with Gasteiger partial charge in [0, 0.05) is 11.6 Å². The summed E-state index contributed by atoms with van der Waals surface area (Å²) in [6, 6.07) is 8.77. The number of piperidine rings is 1. The summed E-state index contributed by atoms with van der Waals surface area (Å²) in [5.41, 5.74) is 2.20. The number of aromatic nitrogens is 2. The van der Waals surface area contributed by atoms with E-state index in [9.17, 15) is 0 Å². The van der Waals surface area contributed by atoms with Crippen LogP contribution in [0.5, 0.6) is 0 Å². The summed E-state index contributed by atoms with van der Waals surface area (Å²) in [6.07, 6.45) is 3.86. The molecule has 4 heteroatoms. The Hall–Kier alpha value is -1.68. The molecule has 0 spiro atoms. The molecular formula is C16H21N3O. The van der Waals surface area contributed by atoms with Crippen molar-refractivity contribution in [3.8, 4) is 11.5 Å². The smallest absolute Gasteiger partial charge is 0.247 e. The molecule has 0 N–H and O–H groups in total. The molecule has 106 valence electrons. The molecule has 0 bridgehead atoms. The van der Waals surface area contributed by atoms with E-state index in [0.717, 1.165) is 24.5 Å². The largest absolute Gasteiger partial charge is 0.419 e. The monoisotopic (exact) mass is 271 g/mol. The highest BCUT2D eigenvalue weighted by Crippen LogP contribution is 2.22. The van der Waals surface area contributed by atoms with Gasteiger partial charge < -0.3 is 4.42 Å². The maximum Gasteiger partial charge on any atom is 0.247 e. The molecule has 0 radical (unpaired) electrons. The van der Waals surface area contributed by atoms with Gasteiger partial charge in [0.05, 0.1) is 6.54 Å². The van der Waals surface area contributed by atoms with Gasteiger partial charge >= 0.3 is 0 Å². The van der Waals surface area contributed by atoms with E-state index in [4.69, 9.17) is 4.42 Å². The Bertz CT molecular complexity index is 579. The molecule has 1 saturated heterocycles. The van der Waals surface area contributed by atoms with E-state index in [1.54, 1.807) is 0 Å². The van der Waals surface area contributed by atoms with Crippen molar-refractivity contribution < 1.29 is 4.42 Å². The van der Waals surface area contributed by atoms with Crippen LogP contribution in [0.1, 0.15) is 37.6 Å². The Kier molecular flexibility index (Phi) is 3.83. The topological polar surface area (TPSA) is 42.2 Å². The molecule has 1 aromatic carbocycles. The summed E-state index contributed by atoms with van der Waals surface area (Å²) in [5.74, 6) is 1.34. The lowest BCUT2D eigenvalue weighted by molar-refractivity contribution is 0.139. The molecule has 1 aliphatic rings. The number of likely N-dealkylation sites (tertiary alicyclic amines) is 1. The van der Waals surface area contributed by atoms with E-state index in [2.05, 4.69) is 41.1 Å². The lowest BCUT2D eigenvalue weighted by atomic mass is 10.0. The van der Waals surface area contributed by atoms with Crippen molar-refractivity contribution in [3.05, 3.63) is 35.7 Å². The third-order valence-electron chi connectivity index (χ3n) is 4.01. The van der Waals surface area contributed by atoms with Gasteiger partial charge in [0.25, 0.3) is 0 Å². The van der Waals surface area contributed by atoms with Crippen LogP contribution in [0, 0.1) is 6.92 Å². The van der Waals surface area contributed by atoms with E-state index in [1.165, 1.54) is 24.8 Å². The number of aryl methyl sites for hydroxylation is 1. The standard InChI is InChI=1S/C16H21N3O/c1-12-6-5-8-14(10-12)16-18-17-15(20-16)11-19-9-4-3-7-13(19)2/h5-6,8,10,13H,3-4,7,9,11H2,1-2H3. The van der Waals surface area contributed by atoms with Gasteiger partial charge in [-0.2, -0.15) is 0 Å². The summed E-state index contributed by atoms with van der Waals surface area (Å²) in [4.78, 5) is 2.43. The van der Waals surface area contributed by atoms with Crippen molar-refractivity contribution in [1.82, 2.24) is 15.1 Å². The molecule has 2 aromatic rings. The number of rotatable bonds is 3. The fourth-order valence-corrected chi connectivity index (χ4v) is 2.78. The first-order chi connectivity index (χ1) is 9.72. The van der Waals surface area contributed by atoms with Crippen molar-refractivity contribution in [2.45, 2.75) is 45.7 Å². The van der Waals surface area contributed by atoms with E-state index in [0.29, 0.717) is 11.9 Å². The zero-order chi connectivity index (χ0) is 13.9. The lowest BCUT2D eigenvalue weighted by Crippen LogP contribution is -2.36. The molecule has 0 aliphatic carbocycles. The van der Waals surface area contributed by atoms with Crippen LogP contribution in [-0.2, 0) is 6.54 Å². The van der Waals surface area contributed by atoms with Crippen LogP contribution >= 0.6 is 0 Å². The number of hydrogen-bond acceptors (Lipinski definition) is 4. The minimum atomic E-state index is 0.609. The van der Waals surface area contributed by atoms with Crippen molar-refractivity contribution in [2.24, 2.45) is 0 Å². The molecule has 1 atom stereocenters. The first-order valence-corrected chi connectivity index (χ1v) is 7.36. The fraction of sp³-hybridized carbons (Fsp3) is 0.500. The number of benzene rings is 1. The Morgan fingerprint density at radius 2 is 2.20 bits per heavy atom. The fourth-order valence-electron chi connectivity index (χ4n) is 2.78. The molecule has 1 aliphatic heterocycles. The molecule has 0 saturated carbocycles. The van der Waals surface area contributed by atoms with Gasteiger partial charge in [0.15, 0.2) is 0 Å². The van der Waals surface area contributed by atoms with Gasteiger partial charge in [-0.1, -0.05) is 24.1 Å². The van der Waals surface area contributed by atoms with E-state index in [1.807, 2.05) is 12.1 Å². The van der Waals surface area contributed by atoms with Gasteiger partial charge in [-0.3, -0.25) is 4.90 Å². The van der Waals surface area contributed by atoms with Crippen LogP contribution in [0.25, 0.3) is 11.5 Å². The maximum atomic E-state index is 5.81. The van der Waals surface area contributed by atoms with Crippen molar-refractivity contribution in [1.29, 1.82) is 0 Å². The molecule has 1 fully saturated rings. The molecule has 0 amide bonds.